The Morgan fingerprint density at radius 1 is 1.19 bits per heavy atom. The molecule has 0 fully saturated rings. The first-order chi connectivity index (χ1) is 9.66. The van der Waals surface area contributed by atoms with Crippen molar-refractivity contribution in [3.05, 3.63) is 64.9 Å². The fourth-order valence-corrected chi connectivity index (χ4v) is 2.43. The number of rotatable bonds is 3. The van der Waals surface area contributed by atoms with E-state index in [4.69, 9.17) is 11.6 Å². The second kappa shape index (κ2) is 6.29. The Morgan fingerprint density at radius 2 is 1.90 bits per heavy atom. The number of hydrogen-bond acceptors (Lipinski definition) is 2. The zero-order valence-corrected chi connectivity index (χ0v) is 13.0. The van der Waals surface area contributed by atoms with Crippen LogP contribution in [-0.2, 0) is 6.54 Å². The summed E-state index contributed by atoms with van der Waals surface area (Å²) in [6, 6.07) is 13.1. The molecule has 5 heteroatoms. The van der Waals surface area contributed by atoms with Crippen LogP contribution in [-0.4, -0.2) is 15.3 Å². The molecule has 3 nitrogen and oxygen atoms in total. The summed E-state index contributed by atoms with van der Waals surface area (Å²) < 4.78 is 1.84. The van der Waals surface area contributed by atoms with Crippen LogP contribution in [0.3, 0.4) is 0 Å². The van der Waals surface area contributed by atoms with E-state index in [-0.39, 0.29) is 24.7 Å². The zero-order valence-electron chi connectivity index (χ0n) is 11.4. The van der Waals surface area contributed by atoms with E-state index >= 15 is 0 Å². The standard InChI is InChI=1S/C16H13ClN2O.ClH/c1-11-13-8-5-9-19(16(13)18-15(11)17)10-14(20)12-6-3-2-4-7-12;/h2-9H,10H2,1H3;1H. The lowest BCUT2D eigenvalue weighted by atomic mass is 10.1. The van der Waals surface area contributed by atoms with Crippen LogP contribution in [0.4, 0.5) is 0 Å². The predicted octanol–water partition coefficient (Wildman–Crippen LogP) is 4.25. The Bertz CT molecular complexity index is 738. The minimum Gasteiger partial charge on any atom is -0.325 e. The number of fused-ring (bicyclic) bond motifs is 1. The number of halogens is 2. The highest BCUT2D eigenvalue weighted by atomic mass is 35.5. The van der Waals surface area contributed by atoms with Gasteiger partial charge < -0.3 is 4.57 Å². The number of carbonyl (C=O) groups excluding carboxylic acids is 1. The molecule has 2 aliphatic rings. The minimum absolute atomic E-state index is 0. The second-order valence-corrected chi connectivity index (χ2v) is 5.05. The van der Waals surface area contributed by atoms with E-state index in [1.165, 1.54) is 0 Å². The Balaban J connectivity index is 0.00000161. The molecule has 1 aromatic rings. The lowest BCUT2D eigenvalue weighted by molar-refractivity contribution is 0.0972. The van der Waals surface area contributed by atoms with Crippen molar-refractivity contribution in [1.29, 1.82) is 0 Å². The Kier molecular flexibility index (Phi) is 4.66. The molecule has 108 valence electrons. The third-order valence-electron chi connectivity index (χ3n) is 3.37. The van der Waals surface area contributed by atoms with E-state index in [1.807, 2.05) is 60.2 Å². The van der Waals surface area contributed by atoms with E-state index in [9.17, 15) is 4.79 Å². The van der Waals surface area contributed by atoms with Crippen molar-refractivity contribution >= 4 is 29.8 Å². The van der Waals surface area contributed by atoms with Crippen LogP contribution in [0.25, 0.3) is 11.4 Å². The molecule has 1 aromatic carbocycles. The van der Waals surface area contributed by atoms with Crippen molar-refractivity contribution in [3.8, 4) is 11.4 Å². The van der Waals surface area contributed by atoms with Crippen molar-refractivity contribution in [2.24, 2.45) is 0 Å². The van der Waals surface area contributed by atoms with Crippen LogP contribution in [0.2, 0.25) is 5.15 Å². The van der Waals surface area contributed by atoms with Crippen molar-refractivity contribution in [3.63, 3.8) is 0 Å². The molecular formula is C16H14Cl2N2O. The van der Waals surface area contributed by atoms with Crippen molar-refractivity contribution in [1.82, 2.24) is 9.55 Å². The topological polar surface area (TPSA) is 34.9 Å². The smallest absolute Gasteiger partial charge is 0.182 e. The van der Waals surface area contributed by atoms with Crippen LogP contribution in [0, 0.1) is 6.92 Å². The van der Waals surface area contributed by atoms with Gasteiger partial charge in [0.25, 0.3) is 0 Å². The summed E-state index contributed by atoms with van der Waals surface area (Å²) in [4.78, 5) is 16.6. The molecule has 2 aliphatic heterocycles. The molecule has 21 heavy (non-hydrogen) atoms. The fraction of sp³-hybridized carbons (Fsp3) is 0.125. The first-order valence-corrected chi connectivity index (χ1v) is 6.74. The number of ketones is 1. The van der Waals surface area contributed by atoms with E-state index in [1.54, 1.807) is 0 Å². The van der Waals surface area contributed by atoms with Gasteiger partial charge in [0, 0.05) is 17.3 Å². The van der Waals surface area contributed by atoms with Crippen LogP contribution in [0.5, 0.6) is 0 Å². The molecule has 0 atom stereocenters. The second-order valence-electron chi connectivity index (χ2n) is 4.69. The lowest BCUT2D eigenvalue weighted by Gasteiger charge is -2.10. The van der Waals surface area contributed by atoms with Crippen LogP contribution in [0.15, 0.2) is 48.7 Å². The minimum atomic E-state index is 0. The normalized spacial score (nSPS) is 10.4. The maximum absolute atomic E-state index is 12.3. The van der Waals surface area contributed by atoms with Crippen molar-refractivity contribution in [2.45, 2.75) is 13.5 Å². The molecule has 0 unspecified atom stereocenters. The summed E-state index contributed by atoms with van der Waals surface area (Å²) in [6.07, 6.45) is 1.85. The summed E-state index contributed by atoms with van der Waals surface area (Å²) in [5, 5.41) is 0.493. The van der Waals surface area contributed by atoms with Gasteiger partial charge in [-0.3, -0.25) is 4.79 Å². The summed E-state index contributed by atoms with van der Waals surface area (Å²) in [6.45, 7) is 2.19. The highest BCUT2D eigenvalue weighted by Crippen LogP contribution is 2.30. The predicted molar refractivity (Wildman–Crippen MR) is 86.6 cm³/mol. The van der Waals surface area contributed by atoms with Gasteiger partial charge in [0.1, 0.15) is 11.0 Å². The summed E-state index contributed by atoms with van der Waals surface area (Å²) in [5.41, 5.74) is 2.63. The van der Waals surface area contributed by atoms with Crippen molar-refractivity contribution < 1.29 is 4.79 Å². The van der Waals surface area contributed by atoms with Gasteiger partial charge in [-0.1, -0.05) is 41.9 Å². The molecule has 0 saturated carbocycles. The highest BCUT2D eigenvalue weighted by molar-refractivity contribution is 6.31. The molecule has 0 saturated heterocycles. The van der Waals surface area contributed by atoms with Gasteiger partial charge in [0.05, 0.1) is 6.54 Å². The highest BCUT2D eigenvalue weighted by Gasteiger charge is 2.17. The molecule has 2 heterocycles. The van der Waals surface area contributed by atoms with Gasteiger partial charge in [-0.25, -0.2) is 4.98 Å². The van der Waals surface area contributed by atoms with Gasteiger partial charge in [-0.15, -0.1) is 12.4 Å². The Hall–Kier alpha value is -1.84. The molecule has 0 bridgehead atoms. The largest absolute Gasteiger partial charge is 0.325 e. The Morgan fingerprint density at radius 3 is 2.62 bits per heavy atom. The summed E-state index contributed by atoms with van der Waals surface area (Å²) >= 11 is 6.07. The monoisotopic (exact) mass is 320 g/mol. The lowest BCUT2D eigenvalue weighted by Crippen LogP contribution is -2.12. The maximum atomic E-state index is 12.3. The number of aromatic nitrogens is 2. The van der Waals surface area contributed by atoms with E-state index < -0.39 is 0 Å². The quantitative estimate of drug-likeness (QED) is 0.676. The third kappa shape index (κ3) is 2.94. The summed E-state index contributed by atoms with van der Waals surface area (Å²) in [5.74, 6) is 0.805. The average Bonchev–Trinajstić information content (AvgIpc) is 2.77. The maximum Gasteiger partial charge on any atom is 0.182 e. The molecular weight excluding hydrogens is 307 g/mol. The first-order valence-electron chi connectivity index (χ1n) is 6.36. The van der Waals surface area contributed by atoms with Gasteiger partial charge in [-0.05, 0) is 24.6 Å². The van der Waals surface area contributed by atoms with E-state index in [2.05, 4.69) is 4.98 Å². The average molecular weight is 321 g/mol. The number of Topliss-reactive ketones (excluding diaryl/α,β-unsaturated/α-hetero) is 1. The fourth-order valence-electron chi connectivity index (χ4n) is 2.25. The number of benzene rings is 1. The molecule has 0 amide bonds. The number of nitrogens with zero attached hydrogens (tertiary/aromatic N) is 2. The number of pyridine rings is 1. The molecule has 0 radical (unpaired) electrons. The third-order valence-corrected chi connectivity index (χ3v) is 3.74. The van der Waals surface area contributed by atoms with E-state index in [0.717, 1.165) is 17.0 Å². The van der Waals surface area contributed by atoms with Gasteiger partial charge in [0.2, 0.25) is 0 Å². The van der Waals surface area contributed by atoms with Gasteiger partial charge >= 0.3 is 0 Å². The van der Waals surface area contributed by atoms with Crippen LogP contribution >= 0.6 is 24.0 Å². The van der Waals surface area contributed by atoms with Crippen molar-refractivity contribution in [2.75, 3.05) is 0 Å². The molecule has 0 N–H and O–H groups in total. The zero-order chi connectivity index (χ0) is 14.1. The van der Waals surface area contributed by atoms with Crippen LogP contribution in [0.1, 0.15) is 15.9 Å². The van der Waals surface area contributed by atoms with Gasteiger partial charge in [-0.2, -0.15) is 0 Å². The van der Waals surface area contributed by atoms with Crippen LogP contribution < -0.4 is 0 Å². The molecule has 0 aliphatic carbocycles. The van der Waals surface area contributed by atoms with Gasteiger partial charge in [0.15, 0.2) is 5.78 Å². The van der Waals surface area contributed by atoms with E-state index in [0.29, 0.717) is 10.7 Å². The molecule has 3 rings (SSSR count). The molecule has 0 spiro atoms. The summed E-state index contributed by atoms with van der Waals surface area (Å²) in [7, 11) is 0. The number of carbonyl (C=O) groups is 1. The number of hydrogen-bond donors (Lipinski definition) is 0. The molecule has 0 aromatic heterocycles. The Labute approximate surface area is 134 Å². The first kappa shape index (κ1) is 15.5. The SMILES string of the molecule is Cc1c2cccn(CC(=O)c3ccccc3)c-2nc1Cl.Cl.